The van der Waals surface area contributed by atoms with Gasteiger partial charge in [-0.1, -0.05) is 30.3 Å². The number of carbonyl (C=O) groups is 2. The normalized spacial score (nSPS) is 22.9. The molecule has 3 aliphatic rings. The van der Waals surface area contributed by atoms with Gasteiger partial charge in [0.2, 0.25) is 0 Å². The minimum absolute atomic E-state index is 0.0899. The van der Waals surface area contributed by atoms with Crippen LogP contribution in [0.15, 0.2) is 71.6 Å². The number of amides is 1. The number of methoxy groups -OCH3 is 2. The molecular formula is C33H38N4O7S. The van der Waals surface area contributed by atoms with Gasteiger partial charge in [-0.2, -0.15) is 0 Å². The summed E-state index contributed by atoms with van der Waals surface area (Å²) in [5, 5.41) is 10.3. The van der Waals surface area contributed by atoms with Gasteiger partial charge in [-0.3, -0.25) is 19.4 Å². The maximum atomic E-state index is 15.1. The van der Waals surface area contributed by atoms with E-state index in [9.17, 15) is 18.3 Å². The fraction of sp³-hybridized carbons (Fsp3) is 0.394. The van der Waals surface area contributed by atoms with Gasteiger partial charge < -0.3 is 19.5 Å². The van der Waals surface area contributed by atoms with Crippen molar-refractivity contribution >= 4 is 27.6 Å². The Balaban J connectivity index is 1.53. The van der Waals surface area contributed by atoms with Crippen molar-refractivity contribution in [1.82, 2.24) is 14.7 Å². The Morgan fingerprint density at radius 2 is 1.64 bits per heavy atom. The van der Waals surface area contributed by atoms with Crippen LogP contribution < -0.4 is 13.8 Å². The van der Waals surface area contributed by atoms with Gasteiger partial charge in [0.15, 0.2) is 5.54 Å². The Morgan fingerprint density at radius 1 is 0.933 bits per heavy atom. The van der Waals surface area contributed by atoms with Crippen LogP contribution in [0.3, 0.4) is 0 Å². The van der Waals surface area contributed by atoms with E-state index in [0.717, 1.165) is 36.0 Å². The van der Waals surface area contributed by atoms with Gasteiger partial charge in [-0.15, -0.1) is 0 Å². The predicted octanol–water partition coefficient (Wildman–Crippen LogP) is 2.98. The van der Waals surface area contributed by atoms with E-state index in [1.54, 1.807) is 35.2 Å². The maximum Gasteiger partial charge on any atom is 0.320 e. The van der Waals surface area contributed by atoms with Crippen molar-refractivity contribution in [3.63, 3.8) is 0 Å². The molecule has 238 valence electrons. The lowest BCUT2D eigenvalue weighted by Gasteiger charge is -2.41. The number of aliphatic carboxylic acids is 1. The number of nitrogens with zero attached hydrogens (tertiary/aromatic N) is 4. The minimum atomic E-state index is -4.42. The lowest BCUT2D eigenvalue weighted by molar-refractivity contribution is -0.145. The van der Waals surface area contributed by atoms with Gasteiger partial charge in [0.1, 0.15) is 17.5 Å². The summed E-state index contributed by atoms with van der Waals surface area (Å²) in [6.45, 7) is 4.73. The van der Waals surface area contributed by atoms with E-state index in [4.69, 9.17) is 9.47 Å². The number of carboxylic acids is 1. The number of likely N-dealkylation sites (tertiary alicyclic amines) is 1. The minimum Gasteiger partial charge on any atom is -0.497 e. The van der Waals surface area contributed by atoms with E-state index < -0.39 is 33.5 Å². The molecule has 3 aromatic rings. The Kier molecular flexibility index (Phi) is 8.33. The third kappa shape index (κ3) is 5.15. The SMILES string of the molecule is COc1ccc(S(=O)(=O)N2C(=O)[C@](c3ccc(CN4CCN(C)CC4)cc3OC)(N3CCCC3C(=O)O)c3ccccc32)cc1. The molecule has 1 unspecified atom stereocenters. The fourth-order valence-electron chi connectivity index (χ4n) is 6.93. The summed E-state index contributed by atoms with van der Waals surface area (Å²) in [6.07, 6.45) is 0.852. The number of likely N-dealkylation sites (N-methyl/N-ethyl adjacent to an activating group) is 1. The summed E-state index contributed by atoms with van der Waals surface area (Å²) in [5.41, 5.74) is 0.189. The van der Waals surface area contributed by atoms with Crippen molar-refractivity contribution < 1.29 is 32.6 Å². The van der Waals surface area contributed by atoms with E-state index in [2.05, 4.69) is 16.8 Å². The molecule has 2 saturated heterocycles. The van der Waals surface area contributed by atoms with Crippen LogP contribution in [0.2, 0.25) is 0 Å². The molecular weight excluding hydrogens is 596 g/mol. The fourth-order valence-corrected chi connectivity index (χ4v) is 8.39. The molecule has 1 amide bonds. The molecule has 0 spiro atoms. The van der Waals surface area contributed by atoms with E-state index in [1.807, 2.05) is 12.1 Å². The highest BCUT2D eigenvalue weighted by Gasteiger charge is 2.62. The molecule has 0 saturated carbocycles. The van der Waals surface area contributed by atoms with Gasteiger partial charge in [0.05, 0.1) is 24.8 Å². The van der Waals surface area contributed by atoms with Gasteiger partial charge >= 0.3 is 5.97 Å². The highest BCUT2D eigenvalue weighted by atomic mass is 32.2. The summed E-state index contributed by atoms with van der Waals surface area (Å²) < 4.78 is 40.6. The third-order valence-corrected chi connectivity index (χ3v) is 10.9. The zero-order valence-corrected chi connectivity index (χ0v) is 26.5. The molecule has 1 N–H and O–H groups in total. The first-order valence-electron chi connectivity index (χ1n) is 15.0. The van der Waals surface area contributed by atoms with E-state index in [1.165, 1.54) is 38.5 Å². The molecule has 12 heteroatoms. The van der Waals surface area contributed by atoms with E-state index in [0.29, 0.717) is 42.0 Å². The smallest absolute Gasteiger partial charge is 0.320 e. The summed E-state index contributed by atoms with van der Waals surface area (Å²) in [6, 6.07) is 17.2. The van der Waals surface area contributed by atoms with Crippen molar-refractivity contribution in [2.45, 2.75) is 35.9 Å². The second-order valence-corrected chi connectivity index (χ2v) is 13.6. The van der Waals surface area contributed by atoms with Gasteiger partial charge in [-0.25, -0.2) is 12.7 Å². The number of piperazine rings is 1. The molecule has 3 heterocycles. The zero-order chi connectivity index (χ0) is 31.9. The van der Waals surface area contributed by atoms with Gasteiger partial charge in [0, 0.05) is 50.4 Å². The highest BCUT2D eigenvalue weighted by Crippen LogP contribution is 2.54. The standard InChI is InChI=1S/C33H38N4O7S/c1-34-17-19-35(20-18-34)22-23-10-15-27(30(21-23)44-3)33(36-16-6-9-29(36)31(38)39)26-7-4-5-8-28(26)37(32(33)40)45(41,42)25-13-11-24(43-2)12-14-25/h4-5,7-8,10-15,21,29H,6,9,16-20,22H2,1-3H3,(H,38,39)/t29?,33-/m0/s1. The predicted molar refractivity (Wildman–Crippen MR) is 168 cm³/mol. The molecule has 2 atom stereocenters. The molecule has 11 nitrogen and oxygen atoms in total. The third-order valence-electron chi connectivity index (χ3n) is 9.23. The molecule has 3 aromatic carbocycles. The molecule has 45 heavy (non-hydrogen) atoms. The van der Waals surface area contributed by atoms with Crippen LogP contribution in [0.25, 0.3) is 0 Å². The van der Waals surface area contributed by atoms with Crippen molar-refractivity contribution in [3.05, 3.63) is 83.4 Å². The van der Waals surface area contributed by atoms with Crippen LogP contribution in [0.5, 0.6) is 11.5 Å². The zero-order valence-electron chi connectivity index (χ0n) is 25.7. The quantitative estimate of drug-likeness (QED) is 0.376. The first-order chi connectivity index (χ1) is 21.6. The molecule has 0 aromatic heterocycles. The number of carbonyl (C=O) groups excluding carboxylic acids is 1. The number of carboxylic acid groups (broad SMARTS) is 1. The lowest BCUT2D eigenvalue weighted by Crippen LogP contribution is -2.58. The van der Waals surface area contributed by atoms with Crippen molar-refractivity contribution in [3.8, 4) is 11.5 Å². The summed E-state index contributed by atoms with van der Waals surface area (Å²) in [7, 11) is 0.681. The van der Waals surface area contributed by atoms with Crippen LogP contribution in [-0.4, -0.2) is 100 Å². The summed E-state index contributed by atoms with van der Waals surface area (Å²) in [5.74, 6) is -0.971. The monoisotopic (exact) mass is 634 g/mol. The number of benzene rings is 3. The molecule has 6 rings (SSSR count). The first-order valence-corrected chi connectivity index (χ1v) is 16.5. The van der Waals surface area contributed by atoms with Gasteiger partial charge in [-0.05, 0) is 61.9 Å². The Labute approximate surface area is 263 Å². The topological polar surface area (TPSA) is 120 Å². The molecule has 0 radical (unpaired) electrons. The molecule has 3 aliphatic heterocycles. The molecule has 0 aliphatic carbocycles. The maximum absolute atomic E-state index is 15.1. The lowest BCUT2D eigenvalue weighted by atomic mass is 9.80. The average Bonchev–Trinajstić information content (AvgIpc) is 3.64. The second-order valence-electron chi connectivity index (χ2n) is 11.8. The van der Waals surface area contributed by atoms with Crippen LogP contribution >= 0.6 is 0 Å². The van der Waals surface area contributed by atoms with Crippen LogP contribution in [0, 0.1) is 0 Å². The van der Waals surface area contributed by atoms with E-state index >= 15 is 4.79 Å². The van der Waals surface area contributed by atoms with Crippen molar-refractivity contribution in [2.24, 2.45) is 0 Å². The number of sulfonamides is 1. The summed E-state index contributed by atoms with van der Waals surface area (Å²) >= 11 is 0. The summed E-state index contributed by atoms with van der Waals surface area (Å²) in [4.78, 5) is 33.9. The number of hydrogen-bond donors (Lipinski definition) is 1. The van der Waals surface area contributed by atoms with Crippen LogP contribution in [0.4, 0.5) is 5.69 Å². The van der Waals surface area contributed by atoms with Crippen LogP contribution in [0.1, 0.15) is 29.5 Å². The average molecular weight is 635 g/mol. The Morgan fingerprint density at radius 3 is 2.31 bits per heavy atom. The largest absolute Gasteiger partial charge is 0.497 e. The van der Waals surface area contributed by atoms with Crippen LogP contribution in [-0.2, 0) is 31.7 Å². The number of ether oxygens (including phenoxy) is 2. The van der Waals surface area contributed by atoms with Crippen molar-refractivity contribution in [2.75, 3.05) is 58.3 Å². The second kappa shape index (κ2) is 12.1. The Hall–Kier alpha value is -3.97. The van der Waals surface area contributed by atoms with Gasteiger partial charge in [0.25, 0.3) is 15.9 Å². The molecule has 2 fully saturated rings. The number of anilines is 1. The highest BCUT2D eigenvalue weighted by molar-refractivity contribution is 7.93. The molecule has 0 bridgehead atoms. The van der Waals surface area contributed by atoms with Crippen molar-refractivity contribution in [1.29, 1.82) is 0 Å². The number of rotatable bonds is 9. The number of fused-ring (bicyclic) bond motifs is 1. The number of hydrogen-bond acceptors (Lipinski definition) is 9. The first kappa shape index (κ1) is 31.0. The van der Waals surface area contributed by atoms with E-state index in [-0.39, 0.29) is 17.1 Å². The Bertz CT molecular complexity index is 1710. The number of para-hydroxylation sites is 1.